The zero-order chi connectivity index (χ0) is 9.73. The molecule has 0 amide bonds. The molecule has 0 N–H and O–H groups in total. The molecular formula is C12H22O. The molecule has 1 aliphatic rings. The van der Waals surface area contributed by atoms with E-state index in [4.69, 9.17) is 0 Å². The number of hydrogen-bond donors (Lipinski definition) is 0. The molecule has 0 aromatic rings. The summed E-state index contributed by atoms with van der Waals surface area (Å²) in [4.78, 5) is 11.1. The quantitative estimate of drug-likeness (QED) is 0.607. The first kappa shape index (κ1) is 10.7. The summed E-state index contributed by atoms with van der Waals surface area (Å²) >= 11 is 0. The van der Waals surface area contributed by atoms with Crippen LogP contribution in [0, 0.1) is 11.3 Å². The van der Waals surface area contributed by atoms with E-state index in [0.717, 1.165) is 25.2 Å². The van der Waals surface area contributed by atoms with Gasteiger partial charge in [0.15, 0.2) is 0 Å². The van der Waals surface area contributed by atoms with E-state index in [1.165, 1.54) is 32.0 Å². The van der Waals surface area contributed by atoms with Gasteiger partial charge in [-0.15, -0.1) is 0 Å². The van der Waals surface area contributed by atoms with Crippen LogP contribution in [-0.2, 0) is 4.79 Å². The summed E-state index contributed by atoms with van der Waals surface area (Å²) in [6.07, 6.45) is 9.71. The Morgan fingerprint density at radius 3 is 2.31 bits per heavy atom. The summed E-state index contributed by atoms with van der Waals surface area (Å²) in [5, 5.41) is 0. The predicted octanol–water partition coefficient (Wildman–Crippen LogP) is 3.57. The van der Waals surface area contributed by atoms with E-state index in [2.05, 4.69) is 13.8 Å². The molecule has 0 saturated heterocycles. The van der Waals surface area contributed by atoms with E-state index in [9.17, 15) is 4.79 Å². The van der Waals surface area contributed by atoms with Gasteiger partial charge in [-0.05, 0) is 25.2 Å². The smallest absolute Gasteiger partial charge is 0.126 e. The molecule has 1 rings (SSSR count). The molecule has 1 nitrogen and oxygen atoms in total. The van der Waals surface area contributed by atoms with Crippen LogP contribution in [-0.4, -0.2) is 6.29 Å². The summed E-state index contributed by atoms with van der Waals surface area (Å²) in [6.45, 7) is 4.47. The molecule has 0 unspecified atom stereocenters. The highest BCUT2D eigenvalue weighted by Crippen LogP contribution is 2.39. The highest BCUT2D eigenvalue weighted by atomic mass is 16.1. The third kappa shape index (κ3) is 3.13. The molecule has 1 saturated carbocycles. The van der Waals surface area contributed by atoms with Crippen molar-refractivity contribution in [2.75, 3.05) is 0 Å². The highest BCUT2D eigenvalue weighted by Gasteiger charge is 2.31. The Bertz CT molecular complexity index is 155. The second-order valence-corrected chi connectivity index (χ2v) is 4.97. The van der Waals surface area contributed by atoms with Crippen LogP contribution in [0.4, 0.5) is 0 Å². The van der Waals surface area contributed by atoms with Gasteiger partial charge in [-0.1, -0.05) is 39.5 Å². The minimum Gasteiger partial charge on any atom is -0.303 e. The average Bonchev–Trinajstić information content (AvgIpc) is 2.16. The molecule has 0 heterocycles. The Kier molecular flexibility index (Phi) is 3.95. The zero-order valence-corrected chi connectivity index (χ0v) is 9.01. The molecular weight excluding hydrogens is 160 g/mol. The van der Waals surface area contributed by atoms with E-state index in [0.29, 0.717) is 0 Å². The standard InChI is InChI=1S/C12H22O/c1-11(2)6-9-12(10-13)7-4-3-5-8-12/h10-11H,3-9H2,1-2H3. The highest BCUT2D eigenvalue weighted by molar-refractivity contribution is 5.59. The first-order valence-corrected chi connectivity index (χ1v) is 5.65. The van der Waals surface area contributed by atoms with Gasteiger partial charge in [-0.2, -0.15) is 0 Å². The van der Waals surface area contributed by atoms with Gasteiger partial charge in [0.25, 0.3) is 0 Å². The minimum absolute atomic E-state index is 0.0719. The number of carbonyl (C=O) groups is 1. The summed E-state index contributed by atoms with van der Waals surface area (Å²) in [6, 6.07) is 0. The van der Waals surface area contributed by atoms with Gasteiger partial charge in [-0.25, -0.2) is 0 Å². The molecule has 0 aromatic heterocycles. The summed E-state index contributed by atoms with van der Waals surface area (Å²) in [7, 11) is 0. The van der Waals surface area contributed by atoms with Crippen molar-refractivity contribution >= 4 is 6.29 Å². The van der Waals surface area contributed by atoms with Crippen LogP contribution in [0.1, 0.15) is 58.8 Å². The van der Waals surface area contributed by atoms with Gasteiger partial charge in [0.1, 0.15) is 6.29 Å². The molecule has 0 bridgehead atoms. The lowest BCUT2D eigenvalue weighted by Gasteiger charge is -2.32. The maximum absolute atomic E-state index is 11.1. The van der Waals surface area contributed by atoms with Gasteiger partial charge in [-0.3, -0.25) is 0 Å². The molecule has 13 heavy (non-hydrogen) atoms. The Balaban J connectivity index is 2.42. The van der Waals surface area contributed by atoms with Crippen LogP contribution >= 0.6 is 0 Å². The molecule has 1 heteroatoms. The van der Waals surface area contributed by atoms with E-state index < -0.39 is 0 Å². The Morgan fingerprint density at radius 1 is 1.23 bits per heavy atom. The third-order valence-electron chi connectivity index (χ3n) is 3.32. The Labute approximate surface area is 81.9 Å². The van der Waals surface area contributed by atoms with Crippen molar-refractivity contribution in [3.63, 3.8) is 0 Å². The summed E-state index contributed by atoms with van der Waals surface area (Å²) in [5.74, 6) is 0.735. The van der Waals surface area contributed by atoms with Crippen molar-refractivity contribution in [3.05, 3.63) is 0 Å². The van der Waals surface area contributed by atoms with E-state index in [1.54, 1.807) is 0 Å². The van der Waals surface area contributed by atoms with Crippen LogP contribution < -0.4 is 0 Å². The number of aldehydes is 1. The first-order chi connectivity index (χ1) is 6.18. The van der Waals surface area contributed by atoms with Crippen LogP contribution in [0.2, 0.25) is 0 Å². The lowest BCUT2D eigenvalue weighted by atomic mass is 9.71. The van der Waals surface area contributed by atoms with Gasteiger partial charge >= 0.3 is 0 Å². The van der Waals surface area contributed by atoms with Crippen molar-refractivity contribution < 1.29 is 4.79 Å². The lowest BCUT2D eigenvalue weighted by molar-refractivity contribution is -0.118. The van der Waals surface area contributed by atoms with Crippen molar-refractivity contribution in [3.8, 4) is 0 Å². The van der Waals surface area contributed by atoms with Crippen LogP contribution in [0.25, 0.3) is 0 Å². The van der Waals surface area contributed by atoms with Crippen LogP contribution in [0.3, 0.4) is 0 Å². The molecule has 0 spiro atoms. The molecule has 0 atom stereocenters. The Morgan fingerprint density at radius 2 is 1.85 bits per heavy atom. The van der Waals surface area contributed by atoms with Crippen molar-refractivity contribution in [1.29, 1.82) is 0 Å². The second kappa shape index (κ2) is 4.78. The largest absolute Gasteiger partial charge is 0.303 e. The SMILES string of the molecule is CC(C)CCC1(C=O)CCCCC1. The van der Waals surface area contributed by atoms with Gasteiger partial charge in [0.2, 0.25) is 0 Å². The predicted molar refractivity (Wildman–Crippen MR) is 55.7 cm³/mol. The van der Waals surface area contributed by atoms with Crippen LogP contribution in [0.15, 0.2) is 0 Å². The van der Waals surface area contributed by atoms with Gasteiger partial charge in [0, 0.05) is 5.41 Å². The van der Waals surface area contributed by atoms with Crippen molar-refractivity contribution in [2.24, 2.45) is 11.3 Å². The second-order valence-electron chi connectivity index (χ2n) is 4.97. The Hall–Kier alpha value is -0.330. The molecule has 0 aromatic carbocycles. The summed E-state index contributed by atoms with van der Waals surface area (Å²) in [5.41, 5.74) is 0.0719. The molecule has 0 aliphatic heterocycles. The van der Waals surface area contributed by atoms with Gasteiger partial charge < -0.3 is 4.79 Å². The molecule has 1 aliphatic carbocycles. The average molecular weight is 182 g/mol. The van der Waals surface area contributed by atoms with Gasteiger partial charge in [0.05, 0.1) is 0 Å². The van der Waals surface area contributed by atoms with Crippen molar-refractivity contribution in [2.45, 2.75) is 58.8 Å². The fourth-order valence-corrected chi connectivity index (χ4v) is 2.26. The third-order valence-corrected chi connectivity index (χ3v) is 3.32. The van der Waals surface area contributed by atoms with E-state index >= 15 is 0 Å². The number of carbonyl (C=O) groups excluding carboxylic acids is 1. The fraction of sp³-hybridized carbons (Fsp3) is 0.917. The van der Waals surface area contributed by atoms with E-state index in [-0.39, 0.29) is 5.41 Å². The summed E-state index contributed by atoms with van der Waals surface area (Å²) < 4.78 is 0. The monoisotopic (exact) mass is 182 g/mol. The van der Waals surface area contributed by atoms with E-state index in [1.807, 2.05) is 0 Å². The first-order valence-electron chi connectivity index (χ1n) is 5.65. The van der Waals surface area contributed by atoms with Crippen molar-refractivity contribution in [1.82, 2.24) is 0 Å². The maximum Gasteiger partial charge on any atom is 0.126 e. The minimum atomic E-state index is 0.0719. The van der Waals surface area contributed by atoms with Crippen LogP contribution in [0.5, 0.6) is 0 Å². The fourth-order valence-electron chi connectivity index (χ4n) is 2.26. The maximum atomic E-state index is 11.1. The topological polar surface area (TPSA) is 17.1 Å². The molecule has 0 radical (unpaired) electrons. The molecule has 76 valence electrons. The normalized spacial score (nSPS) is 21.8. The zero-order valence-electron chi connectivity index (χ0n) is 9.01. The number of hydrogen-bond acceptors (Lipinski definition) is 1. The number of rotatable bonds is 4. The molecule has 1 fully saturated rings. The lowest BCUT2D eigenvalue weighted by Crippen LogP contribution is -2.26.